The van der Waals surface area contributed by atoms with E-state index in [0.29, 0.717) is 5.41 Å². The van der Waals surface area contributed by atoms with E-state index in [4.69, 9.17) is 0 Å². The van der Waals surface area contributed by atoms with E-state index in [0.717, 1.165) is 23.7 Å². The van der Waals surface area contributed by atoms with Gasteiger partial charge in [0.2, 0.25) is 0 Å². The molecule has 0 aromatic heterocycles. The molecular formula is C90H182. The lowest BCUT2D eigenvalue weighted by molar-refractivity contribution is -0.0339. The van der Waals surface area contributed by atoms with Crippen LogP contribution in [0, 0.1) is 29.1 Å². The lowest BCUT2D eigenvalue weighted by Crippen LogP contribution is -2.44. The number of rotatable bonds is 81. The molecule has 0 aromatic rings. The molecule has 0 spiro atoms. The van der Waals surface area contributed by atoms with Crippen LogP contribution in [-0.4, -0.2) is 0 Å². The Morgan fingerprint density at radius 2 is 0.289 bits per heavy atom. The van der Waals surface area contributed by atoms with Crippen molar-refractivity contribution in [3.05, 3.63) is 0 Å². The first-order valence-corrected chi connectivity index (χ1v) is 44.6. The Hall–Kier alpha value is 0. The van der Waals surface area contributed by atoms with Crippen LogP contribution in [0.3, 0.4) is 0 Å². The van der Waals surface area contributed by atoms with E-state index >= 15 is 0 Å². The van der Waals surface area contributed by atoms with Gasteiger partial charge >= 0.3 is 0 Å². The van der Waals surface area contributed by atoms with Crippen molar-refractivity contribution in [1.29, 1.82) is 0 Å². The minimum atomic E-state index is 0.549. The zero-order chi connectivity index (χ0) is 65.3. The molecule has 0 rings (SSSR count). The summed E-state index contributed by atoms with van der Waals surface area (Å²) in [6.45, 7) is 19.8. The molecule has 0 nitrogen and oxygen atoms in total. The Balaban J connectivity index is 5.31. The molecule has 0 saturated heterocycles. The summed E-state index contributed by atoms with van der Waals surface area (Å²) in [5.41, 5.74) is 0.549. The molecule has 0 bridgehead atoms. The predicted octanol–water partition coefficient (Wildman–Crippen LogP) is 34.6. The largest absolute Gasteiger partial charge is 0.0654 e. The second kappa shape index (κ2) is 76.4. The molecule has 542 valence electrons. The first kappa shape index (κ1) is 90.0. The Bertz CT molecular complexity index is 1150. The van der Waals surface area contributed by atoms with Gasteiger partial charge in [0.1, 0.15) is 0 Å². The fraction of sp³-hybridized carbons (Fsp3) is 1.00. The van der Waals surface area contributed by atoms with E-state index in [-0.39, 0.29) is 0 Å². The van der Waals surface area contributed by atoms with Crippen LogP contribution in [-0.2, 0) is 0 Å². The number of hydrogen-bond donors (Lipinski definition) is 0. The second-order valence-corrected chi connectivity index (χ2v) is 31.7. The van der Waals surface area contributed by atoms with Gasteiger partial charge in [0, 0.05) is 0 Å². The van der Waals surface area contributed by atoms with Gasteiger partial charge in [0.15, 0.2) is 0 Å². The SMILES string of the molecule is CCCCCCCCCCCCCCCC(CC)CCCCCCCCCCCCCCCCCC(C(CC)CCCCCCCCCCCCCCC)(C(CC)CCCCCCCCCCCCCCC)C(CC)CCCCCCCCCCCCCCC. The first-order valence-electron chi connectivity index (χ1n) is 44.6. The summed E-state index contributed by atoms with van der Waals surface area (Å²) in [7, 11) is 0. The van der Waals surface area contributed by atoms with E-state index in [1.54, 1.807) is 6.42 Å². The van der Waals surface area contributed by atoms with E-state index in [9.17, 15) is 0 Å². The van der Waals surface area contributed by atoms with Crippen LogP contribution in [0.2, 0.25) is 0 Å². The van der Waals surface area contributed by atoms with Crippen molar-refractivity contribution in [3.63, 3.8) is 0 Å². The highest BCUT2D eigenvalue weighted by Gasteiger charge is 2.47. The van der Waals surface area contributed by atoms with Gasteiger partial charge < -0.3 is 0 Å². The molecule has 0 heterocycles. The van der Waals surface area contributed by atoms with Gasteiger partial charge in [-0.1, -0.05) is 524 Å². The van der Waals surface area contributed by atoms with Crippen molar-refractivity contribution in [2.75, 3.05) is 0 Å². The van der Waals surface area contributed by atoms with Crippen molar-refractivity contribution in [1.82, 2.24) is 0 Å². The lowest BCUT2D eigenvalue weighted by Gasteiger charge is -2.53. The molecule has 0 amide bonds. The van der Waals surface area contributed by atoms with Crippen LogP contribution in [0.4, 0.5) is 0 Å². The van der Waals surface area contributed by atoms with E-state index in [1.165, 1.54) is 488 Å². The number of hydrogen-bond acceptors (Lipinski definition) is 0. The third-order valence-electron chi connectivity index (χ3n) is 23.7. The van der Waals surface area contributed by atoms with Gasteiger partial charge in [-0.05, 0) is 54.8 Å². The Morgan fingerprint density at radius 1 is 0.144 bits per heavy atom. The maximum absolute atomic E-state index is 2.67. The smallest absolute Gasteiger partial charge is 0.0213 e. The molecular weight excluding hydrogens is 1080 g/mol. The van der Waals surface area contributed by atoms with Crippen molar-refractivity contribution < 1.29 is 0 Å². The fourth-order valence-corrected chi connectivity index (χ4v) is 17.6. The molecule has 90 heavy (non-hydrogen) atoms. The van der Waals surface area contributed by atoms with Crippen LogP contribution in [0.1, 0.15) is 550 Å². The quantitative estimate of drug-likeness (QED) is 0.0533. The standard InChI is InChI=1S/C90H182/c1-9-17-21-25-29-33-37-44-50-56-62-68-74-80-86(13-5)81-75-69-63-57-51-48-42-41-43-49-55-61-67-73-79-85-90(87(14-6)82-76-70-64-58-52-45-38-34-30-26-22-18-10-2,88(15-7)83-77-71-65-59-53-46-39-35-31-27-23-19-11-3)89(16-8)84-78-72-66-60-54-47-40-36-32-28-24-20-12-4/h86-89H,9-85H2,1-8H3. The van der Waals surface area contributed by atoms with Crippen molar-refractivity contribution in [2.45, 2.75) is 550 Å². The summed E-state index contributed by atoms with van der Waals surface area (Å²) in [4.78, 5) is 0. The summed E-state index contributed by atoms with van der Waals surface area (Å²) in [6.07, 6.45) is 114. The Morgan fingerprint density at radius 3 is 0.444 bits per heavy atom. The zero-order valence-electron chi connectivity index (χ0n) is 65.3. The molecule has 0 heteroatoms. The Kier molecular flexibility index (Phi) is 76.4. The summed E-state index contributed by atoms with van der Waals surface area (Å²) in [5.74, 6) is 3.77. The molecule has 0 aliphatic rings. The van der Waals surface area contributed by atoms with Crippen LogP contribution in [0.5, 0.6) is 0 Å². The topological polar surface area (TPSA) is 0 Å². The highest BCUT2D eigenvalue weighted by atomic mass is 14.5. The average Bonchev–Trinajstić information content (AvgIpc) is 2.10. The van der Waals surface area contributed by atoms with Gasteiger partial charge in [0.05, 0.1) is 0 Å². The highest BCUT2D eigenvalue weighted by molar-refractivity contribution is 4.96. The molecule has 0 radical (unpaired) electrons. The molecule has 0 saturated carbocycles. The maximum Gasteiger partial charge on any atom is -0.0213 e. The minimum absolute atomic E-state index is 0.549. The predicted molar refractivity (Wildman–Crippen MR) is 417 cm³/mol. The third-order valence-corrected chi connectivity index (χ3v) is 23.7. The van der Waals surface area contributed by atoms with E-state index in [2.05, 4.69) is 55.4 Å². The van der Waals surface area contributed by atoms with E-state index < -0.39 is 0 Å². The summed E-state index contributed by atoms with van der Waals surface area (Å²) < 4.78 is 0. The lowest BCUT2D eigenvalue weighted by atomic mass is 9.52. The monoisotopic (exact) mass is 1260 g/mol. The molecule has 0 fully saturated rings. The molecule has 4 unspecified atom stereocenters. The van der Waals surface area contributed by atoms with Crippen molar-refractivity contribution in [3.8, 4) is 0 Å². The van der Waals surface area contributed by atoms with Crippen LogP contribution >= 0.6 is 0 Å². The van der Waals surface area contributed by atoms with Gasteiger partial charge in [-0.15, -0.1) is 0 Å². The third kappa shape index (κ3) is 58.2. The number of unbranched alkanes of at least 4 members (excludes halogenated alkanes) is 62. The highest BCUT2D eigenvalue weighted by Crippen LogP contribution is 2.56. The summed E-state index contributed by atoms with van der Waals surface area (Å²) in [5, 5.41) is 0. The van der Waals surface area contributed by atoms with Gasteiger partial charge in [0.25, 0.3) is 0 Å². The molecule has 0 N–H and O–H groups in total. The molecule has 4 atom stereocenters. The van der Waals surface area contributed by atoms with Crippen molar-refractivity contribution >= 4 is 0 Å². The van der Waals surface area contributed by atoms with E-state index in [1.807, 2.05) is 0 Å². The van der Waals surface area contributed by atoms with Gasteiger partial charge in [-0.2, -0.15) is 0 Å². The molecule has 0 aromatic carbocycles. The summed E-state index contributed by atoms with van der Waals surface area (Å²) in [6, 6.07) is 0. The fourth-order valence-electron chi connectivity index (χ4n) is 17.6. The minimum Gasteiger partial charge on any atom is -0.0654 e. The van der Waals surface area contributed by atoms with Crippen molar-refractivity contribution in [2.24, 2.45) is 29.1 Å². The van der Waals surface area contributed by atoms with Gasteiger partial charge in [-0.3, -0.25) is 0 Å². The first-order chi connectivity index (χ1) is 44.6. The summed E-state index contributed by atoms with van der Waals surface area (Å²) >= 11 is 0. The van der Waals surface area contributed by atoms with Crippen LogP contribution < -0.4 is 0 Å². The maximum atomic E-state index is 2.67. The van der Waals surface area contributed by atoms with Crippen LogP contribution in [0.15, 0.2) is 0 Å². The molecule has 0 aliphatic heterocycles. The molecule has 0 aliphatic carbocycles. The second-order valence-electron chi connectivity index (χ2n) is 31.7. The normalized spacial score (nSPS) is 14.0. The van der Waals surface area contributed by atoms with Gasteiger partial charge in [-0.25, -0.2) is 0 Å². The Labute approximate surface area is 575 Å². The zero-order valence-corrected chi connectivity index (χ0v) is 65.3. The van der Waals surface area contributed by atoms with Crippen LogP contribution in [0.25, 0.3) is 0 Å². The average molecular weight is 1260 g/mol.